The summed E-state index contributed by atoms with van der Waals surface area (Å²) in [5.41, 5.74) is -1.62. The number of halogens is 3. The van der Waals surface area contributed by atoms with E-state index in [1.807, 2.05) is 6.26 Å². The Bertz CT molecular complexity index is 537. The summed E-state index contributed by atoms with van der Waals surface area (Å²) in [6.45, 7) is 0. The minimum atomic E-state index is -4.62. The van der Waals surface area contributed by atoms with Gasteiger partial charge in [0.2, 0.25) is 0 Å². The molecule has 0 amide bonds. The van der Waals surface area contributed by atoms with Crippen molar-refractivity contribution in [1.82, 2.24) is 0 Å². The largest absolute Gasteiger partial charge is 0.418 e. The van der Waals surface area contributed by atoms with Gasteiger partial charge in [0, 0.05) is 29.1 Å². The Morgan fingerprint density at radius 2 is 2.10 bits per heavy atom. The first-order valence-electron chi connectivity index (χ1n) is 6.46. The van der Waals surface area contributed by atoms with Gasteiger partial charge in [-0.3, -0.25) is 10.1 Å². The lowest BCUT2D eigenvalue weighted by molar-refractivity contribution is -0.385. The zero-order valence-corrected chi connectivity index (χ0v) is 12.1. The SMILES string of the molecule is CSC1CCC(Nc2ccc([N+](=O)[O-])cc2C(F)(F)F)C1. The summed E-state index contributed by atoms with van der Waals surface area (Å²) in [5, 5.41) is 14.0. The van der Waals surface area contributed by atoms with Crippen LogP contribution in [0.4, 0.5) is 24.5 Å². The number of nitro benzene ring substituents is 1. The fourth-order valence-corrected chi connectivity index (χ4v) is 3.31. The van der Waals surface area contributed by atoms with Crippen LogP contribution in [0.3, 0.4) is 0 Å². The van der Waals surface area contributed by atoms with Crippen molar-refractivity contribution in [1.29, 1.82) is 0 Å². The number of nitro groups is 1. The van der Waals surface area contributed by atoms with Crippen molar-refractivity contribution in [3.05, 3.63) is 33.9 Å². The molecule has 116 valence electrons. The summed E-state index contributed by atoms with van der Waals surface area (Å²) >= 11 is 1.71. The van der Waals surface area contributed by atoms with E-state index in [4.69, 9.17) is 0 Å². The van der Waals surface area contributed by atoms with Gasteiger partial charge in [0.05, 0.1) is 10.5 Å². The molecule has 21 heavy (non-hydrogen) atoms. The zero-order valence-electron chi connectivity index (χ0n) is 11.3. The normalized spacial score (nSPS) is 22.3. The predicted molar refractivity (Wildman–Crippen MR) is 76.7 cm³/mol. The molecule has 2 rings (SSSR count). The molecule has 1 N–H and O–H groups in total. The van der Waals surface area contributed by atoms with Crippen molar-refractivity contribution in [3.8, 4) is 0 Å². The third kappa shape index (κ3) is 3.81. The van der Waals surface area contributed by atoms with Gasteiger partial charge >= 0.3 is 6.18 Å². The molecule has 1 saturated carbocycles. The third-order valence-corrected chi connectivity index (χ3v) is 4.69. The summed E-state index contributed by atoms with van der Waals surface area (Å²) in [6, 6.07) is 2.81. The molecule has 1 aliphatic carbocycles. The number of anilines is 1. The van der Waals surface area contributed by atoms with Gasteiger partial charge in [-0.15, -0.1) is 0 Å². The van der Waals surface area contributed by atoms with Crippen molar-refractivity contribution in [3.63, 3.8) is 0 Å². The molecule has 1 aliphatic rings. The topological polar surface area (TPSA) is 55.2 Å². The highest BCUT2D eigenvalue weighted by molar-refractivity contribution is 7.99. The molecule has 0 spiro atoms. The van der Waals surface area contributed by atoms with Crippen LogP contribution in [-0.2, 0) is 6.18 Å². The van der Waals surface area contributed by atoms with Gasteiger partial charge in [0.1, 0.15) is 0 Å². The molecule has 1 aromatic rings. The van der Waals surface area contributed by atoms with Crippen LogP contribution in [-0.4, -0.2) is 22.5 Å². The smallest absolute Gasteiger partial charge is 0.382 e. The zero-order chi connectivity index (χ0) is 15.6. The molecule has 4 nitrogen and oxygen atoms in total. The van der Waals surface area contributed by atoms with Gasteiger partial charge in [-0.05, 0) is 31.6 Å². The first-order chi connectivity index (χ1) is 9.81. The summed E-state index contributed by atoms with van der Waals surface area (Å²) < 4.78 is 39.1. The number of hydrogen-bond acceptors (Lipinski definition) is 4. The summed E-state index contributed by atoms with van der Waals surface area (Å²) in [4.78, 5) is 9.81. The number of hydrogen-bond donors (Lipinski definition) is 1. The highest BCUT2D eigenvalue weighted by atomic mass is 32.2. The maximum Gasteiger partial charge on any atom is 0.418 e. The molecule has 1 aromatic carbocycles. The molecule has 0 radical (unpaired) electrons. The van der Waals surface area contributed by atoms with Crippen molar-refractivity contribution in [2.45, 2.75) is 36.7 Å². The predicted octanol–water partition coefficient (Wildman–Crippen LogP) is 4.31. The maximum absolute atomic E-state index is 13.0. The molecular formula is C13H15F3N2O2S. The average molecular weight is 320 g/mol. The fourth-order valence-electron chi connectivity index (χ4n) is 2.51. The number of rotatable bonds is 4. The van der Waals surface area contributed by atoms with Crippen LogP contribution in [0.1, 0.15) is 24.8 Å². The second kappa shape index (κ2) is 6.13. The Morgan fingerprint density at radius 1 is 1.38 bits per heavy atom. The fraction of sp³-hybridized carbons (Fsp3) is 0.538. The van der Waals surface area contributed by atoms with Gasteiger partial charge in [-0.2, -0.15) is 24.9 Å². The van der Waals surface area contributed by atoms with E-state index >= 15 is 0 Å². The Morgan fingerprint density at radius 3 is 2.62 bits per heavy atom. The van der Waals surface area contributed by atoms with Crippen LogP contribution in [0.25, 0.3) is 0 Å². The van der Waals surface area contributed by atoms with E-state index < -0.39 is 22.4 Å². The van der Waals surface area contributed by atoms with E-state index in [1.165, 1.54) is 0 Å². The van der Waals surface area contributed by atoms with Gasteiger partial charge in [0.15, 0.2) is 0 Å². The quantitative estimate of drug-likeness (QED) is 0.663. The minimum absolute atomic E-state index is 0.0231. The van der Waals surface area contributed by atoms with Gasteiger partial charge < -0.3 is 5.32 Å². The standard InChI is InChI=1S/C13H15F3N2O2S/c1-21-10-4-2-8(6-10)17-12-5-3-9(18(19)20)7-11(12)13(14,15)16/h3,5,7-8,10,17H,2,4,6H2,1H3. The molecule has 0 aromatic heterocycles. The van der Waals surface area contributed by atoms with E-state index in [0.717, 1.165) is 31.4 Å². The van der Waals surface area contributed by atoms with Gasteiger partial charge in [-0.25, -0.2) is 0 Å². The van der Waals surface area contributed by atoms with Crippen LogP contribution in [0.5, 0.6) is 0 Å². The van der Waals surface area contributed by atoms with E-state index in [9.17, 15) is 23.3 Å². The average Bonchev–Trinajstić information content (AvgIpc) is 2.85. The Labute approximate surface area is 124 Å². The monoisotopic (exact) mass is 320 g/mol. The molecule has 0 bridgehead atoms. The number of benzene rings is 1. The van der Waals surface area contributed by atoms with Crippen LogP contribution < -0.4 is 5.32 Å². The summed E-state index contributed by atoms with van der Waals surface area (Å²) in [6.07, 6.45) is -0.0612. The van der Waals surface area contributed by atoms with Crippen molar-refractivity contribution in [2.24, 2.45) is 0 Å². The van der Waals surface area contributed by atoms with Crippen LogP contribution >= 0.6 is 11.8 Å². The third-order valence-electron chi connectivity index (χ3n) is 3.60. The molecule has 2 atom stereocenters. The Kier molecular flexibility index (Phi) is 4.65. The molecule has 0 saturated heterocycles. The molecule has 0 heterocycles. The van der Waals surface area contributed by atoms with Crippen LogP contribution in [0, 0.1) is 10.1 Å². The van der Waals surface area contributed by atoms with Crippen molar-refractivity contribution in [2.75, 3.05) is 11.6 Å². The number of non-ortho nitro benzene ring substituents is 1. The highest BCUT2D eigenvalue weighted by Gasteiger charge is 2.36. The lowest BCUT2D eigenvalue weighted by atomic mass is 10.1. The Hall–Kier alpha value is -1.44. The number of nitrogens with zero attached hydrogens (tertiary/aromatic N) is 1. The molecular weight excluding hydrogens is 305 g/mol. The highest BCUT2D eigenvalue weighted by Crippen LogP contribution is 2.39. The Balaban J connectivity index is 2.24. The molecule has 2 unspecified atom stereocenters. The summed E-state index contributed by atoms with van der Waals surface area (Å²) in [7, 11) is 0. The second-order valence-electron chi connectivity index (χ2n) is 5.00. The number of alkyl halides is 3. The van der Waals surface area contributed by atoms with Crippen LogP contribution in [0.15, 0.2) is 18.2 Å². The first kappa shape index (κ1) is 15.9. The molecule has 1 fully saturated rings. The summed E-state index contributed by atoms with van der Waals surface area (Å²) in [5.74, 6) is 0. The maximum atomic E-state index is 13.0. The van der Waals surface area contributed by atoms with E-state index in [1.54, 1.807) is 11.8 Å². The first-order valence-corrected chi connectivity index (χ1v) is 7.75. The number of nitrogens with one attached hydrogen (secondary N) is 1. The second-order valence-corrected chi connectivity index (χ2v) is 6.13. The van der Waals surface area contributed by atoms with E-state index in [-0.39, 0.29) is 11.7 Å². The molecule has 8 heteroatoms. The van der Waals surface area contributed by atoms with E-state index in [2.05, 4.69) is 5.32 Å². The van der Waals surface area contributed by atoms with Gasteiger partial charge in [0.25, 0.3) is 5.69 Å². The lowest BCUT2D eigenvalue weighted by Crippen LogP contribution is -2.19. The molecule has 0 aliphatic heterocycles. The van der Waals surface area contributed by atoms with Crippen molar-refractivity contribution >= 4 is 23.1 Å². The van der Waals surface area contributed by atoms with Gasteiger partial charge in [-0.1, -0.05) is 0 Å². The van der Waals surface area contributed by atoms with E-state index in [0.29, 0.717) is 11.3 Å². The van der Waals surface area contributed by atoms with Crippen molar-refractivity contribution < 1.29 is 18.1 Å². The minimum Gasteiger partial charge on any atom is -0.382 e. The lowest BCUT2D eigenvalue weighted by Gasteiger charge is -2.18. The number of thioether (sulfide) groups is 1. The van der Waals surface area contributed by atoms with Crippen LogP contribution in [0.2, 0.25) is 0 Å².